The Morgan fingerprint density at radius 1 is 1.13 bits per heavy atom. The Bertz CT molecular complexity index is 889. The third-order valence-corrected chi connectivity index (χ3v) is 7.46. The smallest absolute Gasteiger partial charge is 0.407 e. The van der Waals surface area contributed by atoms with Gasteiger partial charge in [0.1, 0.15) is 18.4 Å². The molecule has 1 aromatic rings. The molecule has 0 bridgehead atoms. The van der Waals surface area contributed by atoms with Gasteiger partial charge in [-0.2, -0.15) is 0 Å². The highest BCUT2D eigenvalue weighted by molar-refractivity contribution is 5.86. The van der Waals surface area contributed by atoms with Crippen LogP contribution < -0.4 is 15.4 Å². The number of hydrogen-bond donors (Lipinski definition) is 3. The summed E-state index contributed by atoms with van der Waals surface area (Å²) in [6, 6.07) is 6.37. The molecule has 0 radical (unpaired) electrons. The van der Waals surface area contributed by atoms with Crippen LogP contribution in [0.5, 0.6) is 5.75 Å². The first-order valence-corrected chi connectivity index (χ1v) is 14.3. The van der Waals surface area contributed by atoms with E-state index in [1.54, 1.807) is 4.90 Å². The van der Waals surface area contributed by atoms with E-state index < -0.39 is 18.2 Å². The van der Waals surface area contributed by atoms with E-state index in [4.69, 9.17) is 9.47 Å². The fraction of sp³-hybridized carbons (Fsp3) is 0.690. The number of carbonyl (C=O) groups excluding carboxylic acids is 3. The summed E-state index contributed by atoms with van der Waals surface area (Å²) in [6.45, 7) is 3.49. The van der Waals surface area contributed by atoms with Gasteiger partial charge in [-0.05, 0) is 31.2 Å². The Labute approximate surface area is 226 Å². The lowest BCUT2D eigenvalue weighted by molar-refractivity contribution is -0.132. The van der Waals surface area contributed by atoms with Crippen LogP contribution >= 0.6 is 0 Å². The first-order valence-electron chi connectivity index (χ1n) is 14.3. The maximum absolute atomic E-state index is 13.2. The van der Waals surface area contributed by atoms with Crippen molar-refractivity contribution in [2.24, 2.45) is 5.92 Å². The van der Waals surface area contributed by atoms with Crippen molar-refractivity contribution in [2.45, 2.75) is 96.2 Å². The molecule has 9 heteroatoms. The predicted molar refractivity (Wildman–Crippen MR) is 145 cm³/mol. The number of aliphatic hydroxyl groups excluding tert-OH is 1. The van der Waals surface area contributed by atoms with Gasteiger partial charge in [-0.25, -0.2) is 4.79 Å². The van der Waals surface area contributed by atoms with Crippen molar-refractivity contribution in [1.29, 1.82) is 0 Å². The van der Waals surface area contributed by atoms with Gasteiger partial charge in [0.15, 0.2) is 0 Å². The summed E-state index contributed by atoms with van der Waals surface area (Å²) >= 11 is 0. The van der Waals surface area contributed by atoms with E-state index in [0.29, 0.717) is 45.1 Å². The number of amides is 3. The monoisotopic (exact) mass is 531 g/mol. The van der Waals surface area contributed by atoms with Crippen molar-refractivity contribution in [2.75, 3.05) is 26.4 Å². The largest absolute Gasteiger partial charge is 0.491 e. The third kappa shape index (κ3) is 9.82. The van der Waals surface area contributed by atoms with Crippen LogP contribution in [0.15, 0.2) is 24.3 Å². The van der Waals surface area contributed by atoms with Crippen molar-refractivity contribution >= 4 is 17.9 Å². The number of unbranched alkanes of at least 4 members (excludes halogenated alkanes) is 2. The predicted octanol–water partition coefficient (Wildman–Crippen LogP) is 3.92. The minimum absolute atomic E-state index is 0.0504. The number of carbonyl (C=O) groups is 3. The fourth-order valence-corrected chi connectivity index (χ4v) is 5.19. The Hall–Kier alpha value is -2.81. The molecule has 2 atom stereocenters. The zero-order chi connectivity index (χ0) is 27.2. The number of rotatable bonds is 13. The second kappa shape index (κ2) is 16.2. The molecule has 2 aliphatic rings. The van der Waals surface area contributed by atoms with Gasteiger partial charge in [0.05, 0.1) is 25.8 Å². The Morgan fingerprint density at radius 3 is 2.68 bits per heavy atom. The van der Waals surface area contributed by atoms with Crippen LogP contribution in [-0.2, 0) is 20.9 Å². The normalized spacial score (nSPS) is 17.4. The van der Waals surface area contributed by atoms with Gasteiger partial charge in [-0.15, -0.1) is 0 Å². The summed E-state index contributed by atoms with van der Waals surface area (Å²) in [4.78, 5) is 40.3. The minimum atomic E-state index is -0.735. The Balaban J connectivity index is 1.52. The molecule has 0 aromatic heterocycles. The SMILES string of the molecule is CCCCCOC(=O)NC(CC1CCCCC1)C(=O)NC(CO)CCC(=O)N1CCOc2ccccc2C1. The van der Waals surface area contributed by atoms with Crippen molar-refractivity contribution in [3.05, 3.63) is 29.8 Å². The highest BCUT2D eigenvalue weighted by atomic mass is 16.5. The first-order chi connectivity index (χ1) is 18.5. The topological polar surface area (TPSA) is 117 Å². The van der Waals surface area contributed by atoms with E-state index in [2.05, 4.69) is 17.6 Å². The maximum atomic E-state index is 13.2. The first kappa shape index (κ1) is 29.7. The Kier molecular flexibility index (Phi) is 12.7. The van der Waals surface area contributed by atoms with E-state index in [1.165, 1.54) is 6.42 Å². The van der Waals surface area contributed by atoms with Gasteiger partial charge >= 0.3 is 6.09 Å². The molecule has 38 heavy (non-hydrogen) atoms. The number of aliphatic hydroxyl groups is 1. The number of alkyl carbamates (subject to hydrolysis) is 1. The minimum Gasteiger partial charge on any atom is -0.491 e. The lowest BCUT2D eigenvalue weighted by atomic mass is 9.84. The molecule has 9 nitrogen and oxygen atoms in total. The Morgan fingerprint density at radius 2 is 1.92 bits per heavy atom. The van der Waals surface area contributed by atoms with E-state index in [9.17, 15) is 19.5 Å². The van der Waals surface area contributed by atoms with E-state index in [1.807, 2.05) is 24.3 Å². The second-order valence-corrected chi connectivity index (χ2v) is 10.5. The number of fused-ring (bicyclic) bond motifs is 1. The standard InChI is InChI=1S/C29H45N3O6/c1-2-3-9-17-38-29(36)31-25(19-22-10-5-4-6-11-22)28(35)30-24(21-33)14-15-27(34)32-16-18-37-26-13-8-7-12-23(26)20-32/h7-8,12-13,22,24-25,33H,2-6,9-11,14-21H2,1H3,(H,30,35)(H,31,36). The molecule has 1 aliphatic heterocycles. The highest BCUT2D eigenvalue weighted by Crippen LogP contribution is 2.27. The van der Waals surface area contributed by atoms with Gasteiger partial charge in [-0.3, -0.25) is 9.59 Å². The number of para-hydroxylation sites is 1. The molecule has 1 aromatic carbocycles. The molecule has 1 fully saturated rings. The fourth-order valence-electron chi connectivity index (χ4n) is 5.19. The molecule has 3 amide bonds. The average molecular weight is 532 g/mol. The molecule has 0 spiro atoms. The molecule has 212 valence electrons. The van der Waals surface area contributed by atoms with Crippen LogP contribution in [0, 0.1) is 5.92 Å². The summed E-state index contributed by atoms with van der Waals surface area (Å²) in [5.41, 5.74) is 0.962. The van der Waals surface area contributed by atoms with Crippen LogP contribution in [0.1, 0.15) is 83.1 Å². The summed E-state index contributed by atoms with van der Waals surface area (Å²) in [7, 11) is 0. The number of ether oxygens (including phenoxy) is 2. The molecule has 1 saturated carbocycles. The van der Waals surface area contributed by atoms with Gasteiger partial charge in [-0.1, -0.05) is 70.1 Å². The molecular formula is C29H45N3O6. The van der Waals surface area contributed by atoms with E-state index >= 15 is 0 Å². The van der Waals surface area contributed by atoms with Gasteiger partial charge in [0, 0.05) is 18.5 Å². The molecule has 1 aliphatic carbocycles. The van der Waals surface area contributed by atoms with Gasteiger partial charge < -0.3 is 30.1 Å². The van der Waals surface area contributed by atoms with Crippen molar-refractivity contribution in [1.82, 2.24) is 15.5 Å². The zero-order valence-corrected chi connectivity index (χ0v) is 22.8. The molecule has 3 N–H and O–H groups in total. The van der Waals surface area contributed by atoms with Crippen molar-refractivity contribution < 1.29 is 29.0 Å². The van der Waals surface area contributed by atoms with Crippen LogP contribution in [0.2, 0.25) is 0 Å². The molecule has 1 heterocycles. The van der Waals surface area contributed by atoms with Gasteiger partial charge in [0.2, 0.25) is 11.8 Å². The molecule has 2 unspecified atom stereocenters. The van der Waals surface area contributed by atoms with Crippen LogP contribution in [-0.4, -0.2) is 66.4 Å². The lowest BCUT2D eigenvalue weighted by Crippen LogP contribution is -2.51. The second-order valence-electron chi connectivity index (χ2n) is 10.5. The summed E-state index contributed by atoms with van der Waals surface area (Å²) in [5.74, 6) is 0.765. The zero-order valence-electron chi connectivity index (χ0n) is 22.8. The summed E-state index contributed by atoms with van der Waals surface area (Å²) < 4.78 is 11.0. The van der Waals surface area contributed by atoms with E-state index in [0.717, 1.165) is 56.3 Å². The number of hydrogen-bond acceptors (Lipinski definition) is 6. The maximum Gasteiger partial charge on any atom is 0.407 e. The van der Waals surface area contributed by atoms with Crippen molar-refractivity contribution in [3.8, 4) is 5.75 Å². The van der Waals surface area contributed by atoms with Gasteiger partial charge in [0.25, 0.3) is 0 Å². The summed E-state index contributed by atoms with van der Waals surface area (Å²) in [5, 5.41) is 15.6. The quantitative estimate of drug-likeness (QED) is 0.332. The number of nitrogens with one attached hydrogen (secondary N) is 2. The van der Waals surface area contributed by atoms with Crippen LogP contribution in [0.4, 0.5) is 4.79 Å². The molecule has 0 saturated heterocycles. The lowest BCUT2D eigenvalue weighted by Gasteiger charge is -2.28. The average Bonchev–Trinajstić information content (AvgIpc) is 3.16. The number of nitrogens with zero attached hydrogens (tertiary/aromatic N) is 1. The van der Waals surface area contributed by atoms with Crippen LogP contribution in [0.3, 0.4) is 0 Å². The number of benzene rings is 1. The molecule has 3 rings (SSSR count). The van der Waals surface area contributed by atoms with E-state index in [-0.39, 0.29) is 24.8 Å². The summed E-state index contributed by atoms with van der Waals surface area (Å²) in [6.07, 6.45) is 8.79. The molecular weight excluding hydrogens is 486 g/mol. The highest BCUT2D eigenvalue weighted by Gasteiger charge is 2.28. The van der Waals surface area contributed by atoms with Crippen molar-refractivity contribution in [3.63, 3.8) is 0 Å². The van der Waals surface area contributed by atoms with Crippen LogP contribution in [0.25, 0.3) is 0 Å². The third-order valence-electron chi connectivity index (χ3n) is 7.46.